The second-order valence-corrected chi connectivity index (χ2v) is 12.8. The summed E-state index contributed by atoms with van der Waals surface area (Å²) in [6, 6.07) is 20.6. The summed E-state index contributed by atoms with van der Waals surface area (Å²) in [5.41, 5.74) is 9.98. The molecule has 1 atom stereocenters. The normalized spacial score (nSPS) is 15.0. The first-order valence-electron chi connectivity index (χ1n) is 15.4. The van der Waals surface area contributed by atoms with Gasteiger partial charge in [-0.05, 0) is 93.4 Å². The van der Waals surface area contributed by atoms with E-state index < -0.39 is 35.1 Å². The second kappa shape index (κ2) is 13.4. The molecule has 1 aliphatic heterocycles. The third kappa shape index (κ3) is 6.48. The van der Waals surface area contributed by atoms with Gasteiger partial charge in [-0.15, -0.1) is 5.10 Å². The molecule has 11 nitrogen and oxygen atoms in total. The van der Waals surface area contributed by atoms with Crippen molar-refractivity contribution < 1.29 is 23.9 Å². The molecule has 0 spiro atoms. The molecule has 1 aliphatic rings. The van der Waals surface area contributed by atoms with Gasteiger partial charge < -0.3 is 21.1 Å². The predicted molar refractivity (Wildman–Crippen MR) is 187 cm³/mol. The fraction of sp³-hybridized carbons (Fsp3) is 0.135. The third-order valence-electron chi connectivity index (χ3n) is 8.59. The number of benzene rings is 4. The van der Waals surface area contributed by atoms with Crippen LogP contribution in [0.15, 0.2) is 104 Å². The van der Waals surface area contributed by atoms with E-state index >= 15 is 4.39 Å². The lowest BCUT2D eigenvalue weighted by atomic mass is 9.72. The summed E-state index contributed by atoms with van der Waals surface area (Å²) in [5, 5.41) is 23.4. The maximum absolute atomic E-state index is 15.4. The highest BCUT2D eigenvalue weighted by Gasteiger charge is 2.42. The van der Waals surface area contributed by atoms with Gasteiger partial charge >= 0.3 is 5.97 Å². The molecule has 4 N–H and O–H groups in total. The summed E-state index contributed by atoms with van der Waals surface area (Å²) in [4.78, 5) is 39.4. The summed E-state index contributed by atoms with van der Waals surface area (Å²) in [6.07, 6.45) is 4.46. The van der Waals surface area contributed by atoms with E-state index in [1.54, 1.807) is 24.3 Å². The largest absolute Gasteiger partial charge is 0.478 e. The summed E-state index contributed by atoms with van der Waals surface area (Å²) in [7, 11) is 0. The molecule has 252 valence electrons. The van der Waals surface area contributed by atoms with Crippen molar-refractivity contribution in [2.24, 2.45) is 5.73 Å². The van der Waals surface area contributed by atoms with Gasteiger partial charge in [0.25, 0.3) is 5.91 Å². The number of nitrogens with two attached hydrogens (primary N) is 1. The molecule has 0 aliphatic carbocycles. The highest BCUT2D eigenvalue weighted by molar-refractivity contribution is 6.31. The van der Waals surface area contributed by atoms with E-state index in [1.165, 1.54) is 47.4 Å². The van der Waals surface area contributed by atoms with Crippen LogP contribution in [0.25, 0.3) is 22.9 Å². The van der Waals surface area contributed by atoms with Crippen molar-refractivity contribution >= 4 is 41.1 Å². The average Bonchev–Trinajstić information content (AvgIpc) is 3.63. The molecule has 0 radical (unpaired) electrons. The molecule has 0 bridgehead atoms. The number of hydrogen-bond acceptors (Lipinski definition) is 7. The Morgan fingerprint density at radius 3 is 2.38 bits per heavy atom. The highest BCUT2D eigenvalue weighted by Crippen LogP contribution is 2.46. The van der Waals surface area contributed by atoms with E-state index in [9.17, 15) is 19.5 Å². The van der Waals surface area contributed by atoms with Crippen LogP contribution >= 0.6 is 11.6 Å². The summed E-state index contributed by atoms with van der Waals surface area (Å²) < 4.78 is 16.7. The number of fused-ring (bicyclic) bond motifs is 1. The zero-order valence-corrected chi connectivity index (χ0v) is 27.7. The van der Waals surface area contributed by atoms with Gasteiger partial charge in [0.2, 0.25) is 5.91 Å². The Morgan fingerprint density at radius 1 is 1.04 bits per heavy atom. The molecule has 13 heteroatoms. The van der Waals surface area contributed by atoms with E-state index in [4.69, 9.17) is 17.3 Å². The molecular formula is C37H31ClFN7O4. The average molecular weight is 692 g/mol. The number of hydrogen-bond donors (Lipinski definition) is 3. The van der Waals surface area contributed by atoms with Crippen molar-refractivity contribution in [1.29, 1.82) is 0 Å². The quantitative estimate of drug-likeness (QED) is 0.150. The number of carbonyl (C=O) groups is 3. The van der Waals surface area contributed by atoms with E-state index in [2.05, 4.69) is 41.3 Å². The Morgan fingerprint density at radius 2 is 1.74 bits per heavy atom. The SMILES string of the molecule is C=C(/C=C/c1c(-n2cnnn2)ccc(Cl)c1F)N1CC(C)(C)c2c(-c3ccc(C(N)=O)cc3)cccc2C1C(=O)Nc1ccc(C(=O)O)cc1. The van der Waals surface area contributed by atoms with Gasteiger partial charge in [0.05, 0.1) is 16.3 Å². The van der Waals surface area contributed by atoms with E-state index in [-0.39, 0.29) is 16.1 Å². The minimum atomic E-state index is -1.09. The molecule has 2 amide bonds. The van der Waals surface area contributed by atoms with Crippen LogP contribution in [0.1, 0.15) is 57.3 Å². The Hall–Kier alpha value is -6.14. The van der Waals surface area contributed by atoms with Crippen LogP contribution in [0.3, 0.4) is 0 Å². The fourth-order valence-corrected chi connectivity index (χ4v) is 6.46. The molecule has 4 aromatic carbocycles. The lowest BCUT2D eigenvalue weighted by Gasteiger charge is -2.47. The number of rotatable bonds is 9. The second-order valence-electron chi connectivity index (χ2n) is 12.4. The number of anilines is 1. The Labute approximate surface area is 291 Å². The van der Waals surface area contributed by atoms with Crippen LogP contribution < -0.4 is 11.1 Å². The number of primary amides is 1. The number of carbonyl (C=O) groups excluding carboxylic acids is 2. The van der Waals surface area contributed by atoms with E-state index in [1.807, 2.05) is 35.2 Å². The lowest BCUT2D eigenvalue weighted by molar-refractivity contribution is -0.121. The van der Waals surface area contributed by atoms with Gasteiger partial charge in [-0.2, -0.15) is 4.68 Å². The number of aromatic carboxylic acids is 1. The van der Waals surface area contributed by atoms with E-state index in [0.717, 1.165) is 16.7 Å². The van der Waals surface area contributed by atoms with Gasteiger partial charge in [-0.25, -0.2) is 9.18 Å². The fourth-order valence-electron chi connectivity index (χ4n) is 6.29. The topological polar surface area (TPSA) is 156 Å². The smallest absolute Gasteiger partial charge is 0.335 e. The Balaban J connectivity index is 1.44. The number of amides is 2. The van der Waals surface area contributed by atoms with Crippen LogP contribution in [0.4, 0.5) is 10.1 Å². The zero-order valence-electron chi connectivity index (χ0n) is 27.0. The molecule has 0 saturated carbocycles. The summed E-state index contributed by atoms with van der Waals surface area (Å²) in [5.74, 6) is -2.70. The first-order chi connectivity index (χ1) is 23.9. The van der Waals surface area contributed by atoms with Gasteiger partial charge in [0.15, 0.2) is 5.82 Å². The summed E-state index contributed by atoms with van der Waals surface area (Å²) >= 11 is 6.15. The number of aromatic nitrogens is 4. The molecule has 0 saturated heterocycles. The van der Waals surface area contributed by atoms with E-state index in [0.29, 0.717) is 34.7 Å². The molecule has 6 rings (SSSR count). The van der Waals surface area contributed by atoms with Crippen molar-refractivity contribution in [3.8, 4) is 16.8 Å². The summed E-state index contributed by atoms with van der Waals surface area (Å²) in [6.45, 7) is 8.74. The highest BCUT2D eigenvalue weighted by atomic mass is 35.5. The van der Waals surface area contributed by atoms with Crippen LogP contribution in [0.2, 0.25) is 5.02 Å². The maximum atomic E-state index is 15.4. The zero-order chi connectivity index (χ0) is 35.7. The minimum absolute atomic E-state index is 0.0780. The molecule has 5 aromatic rings. The number of allylic oxidation sites excluding steroid dienone is 1. The lowest BCUT2D eigenvalue weighted by Crippen LogP contribution is -2.48. The maximum Gasteiger partial charge on any atom is 0.335 e. The van der Waals surface area contributed by atoms with Gasteiger partial charge in [-0.3, -0.25) is 9.59 Å². The standard InChI is InChI=1S/C37H31ClFN7O4/c1-21(7-16-27-30(46-20-41-43-44-46)18-17-29(38)32(27)39)45-19-37(2,3)31-26(22-8-10-23(11-9-22)34(40)47)5-4-6-28(31)33(45)35(48)42-25-14-12-24(13-15-25)36(49)50/h4-18,20,33H,1,19H2,2-3H3,(H2,40,47)(H,42,48)(H,49,50)/b16-7+. The van der Waals surface area contributed by atoms with Crippen molar-refractivity contribution in [3.63, 3.8) is 0 Å². The number of carboxylic acid groups (broad SMARTS) is 1. The molecule has 50 heavy (non-hydrogen) atoms. The van der Waals surface area contributed by atoms with Crippen molar-refractivity contribution in [1.82, 2.24) is 25.1 Å². The monoisotopic (exact) mass is 691 g/mol. The predicted octanol–water partition coefficient (Wildman–Crippen LogP) is 6.42. The first-order valence-corrected chi connectivity index (χ1v) is 15.8. The van der Waals surface area contributed by atoms with Crippen molar-refractivity contribution in [2.75, 3.05) is 11.9 Å². The third-order valence-corrected chi connectivity index (χ3v) is 8.88. The molecule has 1 unspecified atom stereocenters. The number of tetrazole rings is 1. The number of carboxylic acids is 1. The van der Waals surface area contributed by atoms with Crippen LogP contribution in [-0.2, 0) is 10.2 Å². The van der Waals surface area contributed by atoms with Crippen molar-refractivity contribution in [2.45, 2.75) is 25.3 Å². The van der Waals surface area contributed by atoms with Crippen LogP contribution in [-0.4, -0.2) is 54.5 Å². The van der Waals surface area contributed by atoms with Crippen LogP contribution in [0.5, 0.6) is 0 Å². The minimum Gasteiger partial charge on any atom is -0.478 e. The Kier molecular flexibility index (Phi) is 9.05. The number of nitrogens with zero attached hydrogens (tertiary/aromatic N) is 5. The first kappa shape index (κ1) is 33.7. The number of halogens is 2. The molecular weight excluding hydrogens is 661 g/mol. The molecule has 1 aromatic heterocycles. The molecule has 0 fully saturated rings. The van der Waals surface area contributed by atoms with Gasteiger partial charge in [0.1, 0.15) is 12.4 Å². The molecule has 2 heterocycles. The van der Waals surface area contributed by atoms with Gasteiger partial charge in [-0.1, -0.05) is 62.4 Å². The van der Waals surface area contributed by atoms with Gasteiger partial charge in [0, 0.05) is 34.5 Å². The Bertz CT molecular complexity index is 2170. The van der Waals surface area contributed by atoms with Crippen molar-refractivity contribution in [3.05, 3.63) is 142 Å². The van der Waals surface area contributed by atoms with Crippen LogP contribution in [0, 0.1) is 5.82 Å². The number of nitrogens with one attached hydrogen (secondary N) is 1.